The van der Waals surface area contributed by atoms with Gasteiger partial charge in [-0.05, 0) is 110 Å². The van der Waals surface area contributed by atoms with E-state index in [9.17, 15) is 0 Å². The Hall–Kier alpha value is -6.18. The molecule has 0 atom stereocenters. The third kappa shape index (κ3) is 6.02. The molecule has 0 aromatic heterocycles. The average molecular weight is 614 g/mol. The Morgan fingerprint density at radius 3 is 1.40 bits per heavy atom. The number of rotatable bonds is 7. The van der Waals surface area contributed by atoms with Crippen LogP contribution in [0.25, 0.3) is 55.4 Å². The number of anilines is 3. The molecule has 0 aliphatic carbocycles. The lowest BCUT2D eigenvalue weighted by Gasteiger charge is -2.26. The van der Waals surface area contributed by atoms with Crippen molar-refractivity contribution in [2.75, 3.05) is 4.90 Å². The molecule has 0 saturated carbocycles. The highest BCUT2D eigenvalue weighted by Crippen LogP contribution is 2.38. The predicted molar refractivity (Wildman–Crippen MR) is 207 cm³/mol. The zero-order chi connectivity index (χ0) is 32.3. The van der Waals surface area contributed by atoms with Gasteiger partial charge in [-0.25, -0.2) is 0 Å². The fourth-order valence-electron chi connectivity index (χ4n) is 6.56. The van der Waals surface area contributed by atoms with Crippen molar-refractivity contribution in [1.29, 1.82) is 0 Å². The van der Waals surface area contributed by atoms with Crippen LogP contribution in [0, 0.1) is 0 Å². The molecule has 8 aromatic rings. The number of allylic oxidation sites excluding steroid dienone is 1. The number of hydrogen-bond donors (Lipinski definition) is 0. The number of nitrogens with zero attached hydrogens (tertiary/aromatic N) is 1. The molecule has 0 spiro atoms. The van der Waals surface area contributed by atoms with E-state index in [0.29, 0.717) is 0 Å². The molecule has 0 unspecified atom stereocenters. The maximum absolute atomic E-state index is 2.34. The summed E-state index contributed by atoms with van der Waals surface area (Å²) in [6.07, 6.45) is 2.27. The van der Waals surface area contributed by atoms with Crippen LogP contribution in [0.4, 0.5) is 17.1 Å². The van der Waals surface area contributed by atoms with Crippen molar-refractivity contribution in [2.24, 2.45) is 0 Å². The molecule has 0 heterocycles. The first-order valence-electron chi connectivity index (χ1n) is 16.5. The van der Waals surface area contributed by atoms with Crippen LogP contribution < -0.4 is 4.90 Å². The fraction of sp³-hybridized carbons (Fsp3) is 0.0213. The van der Waals surface area contributed by atoms with Gasteiger partial charge in [0.2, 0.25) is 0 Å². The molecule has 0 radical (unpaired) electrons. The summed E-state index contributed by atoms with van der Waals surface area (Å²) in [6, 6.07) is 67.7. The minimum absolute atomic E-state index is 1.12. The Kier molecular flexibility index (Phi) is 7.86. The highest BCUT2D eigenvalue weighted by Gasteiger charge is 2.14. The highest BCUT2D eigenvalue weighted by molar-refractivity contribution is 5.90. The Morgan fingerprint density at radius 2 is 0.812 bits per heavy atom. The molecule has 48 heavy (non-hydrogen) atoms. The molecule has 0 fully saturated rings. The van der Waals surface area contributed by atoms with Crippen molar-refractivity contribution in [3.63, 3.8) is 0 Å². The van der Waals surface area contributed by atoms with E-state index < -0.39 is 0 Å². The maximum atomic E-state index is 2.34. The van der Waals surface area contributed by atoms with Gasteiger partial charge in [0.1, 0.15) is 0 Å². The van der Waals surface area contributed by atoms with Crippen molar-refractivity contribution in [1.82, 2.24) is 0 Å². The standard InChI is InChI=1S/C47H35N/c1-34(31-35-15-16-38-11-5-7-13-43(38)32-35)36-17-19-40(20-18-36)42-23-28-46(29-24-42)48(47-30-25-39-12-6-8-14-44(39)33-47)45-26-21-41(22-27-45)37-9-3-2-4-10-37/h2-33H,1H3/b34-31-. The minimum Gasteiger partial charge on any atom is -0.310 e. The second-order valence-electron chi connectivity index (χ2n) is 12.3. The summed E-state index contributed by atoms with van der Waals surface area (Å²) >= 11 is 0. The summed E-state index contributed by atoms with van der Waals surface area (Å²) < 4.78 is 0. The topological polar surface area (TPSA) is 3.24 Å². The molecule has 0 bridgehead atoms. The van der Waals surface area contributed by atoms with Crippen molar-refractivity contribution in [3.05, 3.63) is 199 Å². The molecule has 8 aromatic carbocycles. The Bertz CT molecular complexity index is 2370. The summed E-state index contributed by atoms with van der Waals surface area (Å²) in [4.78, 5) is 2.34. The van der Waals surface area contributed by atoms with Gasteiger partial charge in [0, 0.05) is 17.1 Å². The van der Waals surface area contributed by atoms with Gasteiger partial charge in [-0.1, -0.05) is 152 Å². The van der Waals surface area contributed by atoms with Gasteiger partial charge in [-0.3, -0.25) is 0 Å². The van der Waals surface area contributed by atoms with Crippen LogP contribution in [-0.2, 0) is 0 Å². The lowest BCUT2D eigenvalue weighted by molar-refractivity contribution is 1.29. The smallest absolute Gasteiger partial charge is 0.0468 e. The summed E-state index contributed by atoms with van der Waals surface area (Å²) in [6.45, 7) is 2.19. The summed E-state index contributed by atoms with van der Waals surface area (Å²) in [5.41, 5.74) is 11.9. The van der Waals surface area contributed by atoms with Gasteiger partial charge in [-0.2, -0.15) is 0 Å². The quantitative estimate of drug-likeness (QED) is 0.162. The molecule has 0 aliphatic rings. The lowest BCUT2D eigenvalue weighted by atomic mass is 9.98. The van der Waals surface area contributed by atoms with E-state index in [1.807, 2.05) is 0 Å². The van der Waals surface area contributed by atoms with E-state index >= 15 is 0 Å². The first-order valence-corrected chi connectivity index (χ1v) is 16.5. The van der Waals surface area contributed by atoms with Crippen molar-refractivity contribution >= 4 is 50.3 Å². The van der Waals surface area contributed by atoms with Crippen LogP contribution in [0.3, 0.4) is 0 Å². The molecule has 228 valence electrons. The first-order chi connectivity index (χ1) is 23.7. The van der Waals surface area contributed by atoms with Crippen LogP contribution in [0.5, 0.6) is 0 Å². The Morgan fingerprint density at radius 1 is 0.375 bits per heavy atom. The molecular formula is C47H35N. The molecule has 1 heteroatoms. The van der Waals surface area contributed by atoms with Gasteiger partial charge in [0.05, 0.1) is 0 Å². The molecular weight excluding hydrogens is 579 g/mol. The SMILES string of the molecule is C/C(=C/c1ccc2ccccc2c1)c1ccc(-c2ccc(N(c3ccc(-c4ccccc4)cc3)c3ccc4ccccc4c3)cc2)cc1. The van der Waals surface area contributed by atoms with Gasteiger partial charge in [0.15, 0.2) is 0 Å². The normalized spacial score (nSPS) is 11.6. The van der Waals surface area contributed by atoms with Crippen LogP contribution >= 0.6 is 0 Å². The van der Waals surface area contributed by atoms with E-state index in [1.54, 1.807) is 0 Å². The molecule has 0 saturated heterocycles. The monoisotopic (exact) mass is 613 g/mol. The first kappa shape index (κ1) is 29.2. The molecule has 1 nitrogen and oxygen atoms in total. The van der Waals surface area contributed by atoms with Gasteiger partial charge in [-0.15, -0.1) is 0 Å². The number of fused-ring (bicyclic) bond motifs is 2. The molecule has 0 aliphatic heterocycles. The molecule has 0 amide bonds. The van der Waals surface area contributed by atoms with Gasteiger partial charge in [0.25, 0.3) is 0 Å². The molecule has 8 rings (SSSR count). The van der Waals surface area contributed by atoms with Crippen LogP contribution in [-0.4, -0.2) is 0 Å². The third-order valence-electron chi connectivity index (χ3n) is 9.18. The number of benzene rings is 8. The largest absolute Gasteiger partial charge is 0.310 e. The van der Waals surface area contributed by atoms with Crippen LogP contribution in [0.2, 0.25) is 0 Å². The summed E-state index contributed by atoms with van der Waals surface area (Å²) in [7, 11) is 0. The second kappa shape index (κ2) is 12.9. The Labute approximate surface area is 282 Å². The van der Waals surface area contributed by atoms with Crippen molar-refractivity contribution < 1.29 is 0 Å². The van der Waals surface area contributed by atoms with Crippen LogP contribution in [0.15, 0.2) is 188 Å². The zero-order valence-electron chi connectivity index (χ0n) is 26.9. The second-order valence-corrected chi connectivity index (χ2v) is 12.3. The van der Waals surface area contributed by atoms with Crippen LogP contribution in [0.1, 0.15) is 18.1 Å². The highest BCUT2D eigenvalue weighted by atomic mass is 15.1. The zero-order valence-corrected chi connectivity index (χ0v) is 26.9. The van der Waals surface area contributed by atoms with Crippen molar-refractivity contribution in [2.45, 2.75) is 6.92 Å². The lowest BCUT2D eigenvalue weighted by Crippen LogP contribution is -2.09. The van der Waals surface area contributed by atoms with E-state index in [-0.39, 0.29) is 0 Å². The number of hydrogen-bond acceptors (Lipinski definition) is 1. The van der Waals surface area contributed by atoms with E-state index in [1.165, 1.54) is 60.5 Å². The van der Waals surface area contributed by atoms with E-state index in [4.69, 9.17) is 0 Å². The fourth-order valence-corrected chi connectivity index (χ4v) is 6.56. The summed E-state index contributed by atoms with van der Waals surface area (Å²) in [5, 5.41) is 4.99. The maximum Gasteiger partial charge on any atom is 0.0468 e. The predicted octanol–water partition coefficient (Wildman–Crippen LogP) is 13.4. The molecule has 0 N–H and O–H groups in total. The third-order valence-corrected chi connectivity index (χ3v) is 9.18. The Balaban J connectivity index is 1.09. The average Bonchev–Trinajstić information content (AvgIpc) is 3.16. The minimum atomic E-state index is 1.12. The van der Waals surface area contributed by atoms with Gasteiger partial charge >= 0.3 is 0 Å². The van der Waals surface area contributed by atoms with E-state index in [2.05, 4.69) is 206 Å². The van der Waals surface area contributed by atoms with E-state index in [0.717, 1.165) is 17.1 Å². The summed E-state index contributed by atoms with van der Waals surface area (Å²) in [5.74, 6) is 0. The van der Waals surface area contributed by atoms with Gasteiger partial charge < -0.3 is 4.90 Å². The van der Waals surface area contributed by atoms with Crippen molar-refractivity contribution in [3.8, 4) is 22.3 Å².